The quantitative estimate of drug-likeness (QED) is 0.588. The first kappa shape index (κ1) is 19.6. The number of nitrogens with zero attached hydrogens (tertiary/aromatic N) is 3. The van der Waals surface area contributed by atoms with Gasteiger partial charge in [0.15, 0.2) is 5.82 Å². The topological polar surface area (TPSA) is 98.1 Å². The van der Waals surface area contributed by atoms with Crippen molar-refractivity contribution in [1.29, 1.82) is 0 Å². The molecule has 1 aliphatic carbocycles. The van der Waals surface area contributed by atoms with Crippen molar-refractivity contribution in [2.24, 2.45) is 0 Å². The van der Waals surface area contributed by atoms with Crippen LogP contribution in [0.3, 0.4) is 0 Å². The van der Waals surface area contributed by atoms with E-state index < -0.39 is 5.97 Å². The largest absolute Gasteiger partial charge is 0.465 e. The molecule has 28 heavy (non-hydrogen) atoms. The van der Waals surface area contributed by atoms with E-state index in [9.17, 15) is 9.59 Å². The van der Waals surface area contributed by atoms with Crippen LogP contribution in [0.5, 0.6) is 0 Å². The standard InChI is InChI=1S/C20H25N5O3/c1-4-28-18(26)12-22-20(27)23-16-9-8-15(11-16)19-13(2)24-25(14(19)3)17-7-5-6-10-21-17/h5-10,15-16H,4,11-12H2,1-3H3,(H2,22,23,27)/t15-,16-/m1/s1. The van der Waals surface area contributed by atoms with Gasteiger partial charge in [-0.2, -0.15) is 5.10 Å². The summed E-state index contributed by atoms with van der Waals surface area (Å²) in [4.78, 5) is 27.7. The fraction of sp³-hybridized carbons (Fsp3) is 0.400. The van der Waals surface area contributed by atoms with Crippen LogP contribution in [-0.4, -0.2) is 46.0 Å². The van der Waals surface area contributed by atoms with Crippen molar-refractivity contribution >= 4 is 12.0 Å². The second-order valence-corrected chi connectivity index (χ2v) is 6.65. The lowest BCUT2D eigenvalue weighted by molar-refractivity contribution is -0.141. The number of carbonyl (C=O) groups excluding carboxylic acids is 2. The number of nitrogens with one attached hydrogen (secondary N) is 2. The Bertz CT molecular complexity index is 875. The predicted molar refractivity (Wildman–Crippen MR) is 104 cm³/mol. The van der Waals surface area contributed by atoms with Crippen LogP contribution < -0.4 is 10.6 Å². The summed E-state index contributed by atoms with van der Waals surface area (Å²) < 4.78 is 6.64. The van der Waals surface area contributed by atoms with Gasteiger partial charge in [-0.25, -0.2) is 14.5 Å². The summed E-state index contributed by atoms with van der Waals surface area (Å²) in [7, 11) is 0. The summed E-state index contributed by atoms with van der Waals surface area (Å²) in [6.07, 6.45) is 6.56. The average Bonchev–Trinajstić information content (AvgIpc) is 3.24. The summed E-state index contributed by atoms with van der Waals surface area (Å²) in [6.45, 7) is 5.89. The molecule has 8 heteroatoms. The molecule has 0 saturated carbocycles. The van der Waals surface area contributed by atoms with Gasteiger partial charge in [0, 0.05) is 29.4 Å². The fourth-order valence-corrected chi connectivity index (χ4v) is 3.50. The van der Waals surface area contributed by atoms with E-state index in [0.717, 1.165) is 29.2 Å². The van der Waals surface area contributed by atoms with Crippen LogP contribution >= 0.6 is 0 Å². The highest BCUT2D eigenvalue weighted by Crippen LogP contribution is 2.33. The average molecular weight is 383 g/mol. The molecular formula is C20H25N5O3. The van der Waals surface area contributed by atoms with Gasteiger partial charge in [0.1, 0.15) is 6.54 Å². The van der Waals surface area contributed by atoms with Crippen LogP contribution in [0.15, 0.2) is 36.5 Å². The summed E-state index contributed by atoms with van der Waals surface area (Å²) in [5, 5.41) is 10.0. The number of aryl methyl sites for hydroxylation is 1. The van der Waals surface area contributed by atoms with Crippen molar-refractivity contribution < 1.29 is 14.3 Å². The lowest BCUT2D eigenvalue weighted by atomic mass is 9.96. The van der Waals surface area contributed by atoms with E-state index in [1.54, 1.807) is 13.1 Å². The summed E-state index contributed by atoms with van der Waals surface area (Å²) in [5.74, 6) is 0.489. The van der Waals surface area contributed by atoms with Crippen LogP contribution in [0.1, 0.15) is 36.2 Å². The normalized spacial score (nSPS) is 18.1. The first-order valence-electron chi connectivity index (χ1n) is 9.35. The van der Waals surface area contributed by atoms with Crippen molar-refractivity contribution in [3.63, 3.8) is 0 Å². The summed E-state index contributed by atoms with van der Waals surface area (Å²) in [6, 6.07) is 5.23. The zero-order chi connectivity index (χ0) is 20.1. The molecule has 2 N–H and O–H groups in total. The first-order chi connectivity index (χ1) is 13.5. The van der Waals surface area contributed by atoms with E-state index in [0.29, 0.717) is 6.61 Å². The molecule has 0 spiro atoms. The van der Waals surface area contributed by atoms with Crippen LogP contribution in [-0.2, 0) is 9.53 Å². The van der Waals surface area contributed by atoms with Crippen LogP contribution in [0, 0.1) is 13.8 Å². The van der Waals surface area contributed by atoms with Crippen molar-refractivity contribution in [2.75, 3.05) is 13.2 Å². The number of hydrogen-bond acceptors (Lipinski definition) is 5. The molecular weight excluding hydrogens is 358 g/mol. The second-order valence-electron chi connectivity index (χ2n) is 6.65. The smallest absolute Gasteiger partial charge is 0.325 e. The summed E-state index contributed by atoms with van der Waals surface area (Å²) >= 11 is 0. The Morgan fingerprint density at radius 3 is 2.82 bits per heavy atom. The number of hydrogen-bond donors (Lipinski definition) is 2. The van der Waals surface area contributed by atoms with E-state index >= 15 is 0 Å². The van der Waals surface area contributed by atoms with Crippen molar-refractivity contribution in [1.82, 2.24) is 25.4 Å². The first-order valence-corrected chi connectivity index (χ1v) is 9.35. The third-order valence-electron chi connectivity index (χ3n) is 4.68. The van der Waals surface area contributed by atoms with Crippen molar-refractivity contribution in [3.05, 3.63) is 53.5 Å². The maximum Gasteiger partial charge on any atom is 0.325 e. The van der Waals surface area contributed by atoms with Gasteiger partial charge in [-0.1, -0.05) is 18.2 Å². The number of esters is 1. The molecule has 0 saturated heterocycles. The zero-order valence-corrected chi connectivity index (χ0v) is 16.3. The zero-order valence-electron chi connectivity index (χ0n) is 16.3. The molecule has 0 bridgehead atoms. The van der Waals surface area contributed by atoms with Gasteiger partial charge >= 0.3 is 12.0 Å². The van der Waals surface area contributed by atoms with Crippen molar-refractivity contribution in [2.45, 2.75) is 39.2 Å². The highest BCUT2D eigenvalue weighted by molar-refractivity contribution is 5.81. The molecule has 2 amide bonds. The number of ether oxygens (including phenoxy) is 1. The van der Waals surface area contributed by atoms with E-state index in [-0.39, 0.29) is 24.5 Å². The highest BCUT2D eigenvalue weighted by Gasteiger charge is 2.27. The van der Waals surface area contributed by atoms with E-state index in [2.05, 4.69) is 26.8 Å². The molecule has 1 aliphatic rings. The Labute approximate surface area is 164 Å². The molecule has 2 atom stereocenters. The van der Waals surface area contributed by atoms with Gasteiger partial charge in [0.05, 0.1) is 12.3 Å². The van der Waals surface area contributed by atoms with Gasteiger partial charge in [0.2, 0.25) is 0 Å². The SMILES string of the molecule is CCOC(=O)CNC(=O)N[C@@H]1C=C[C@@H](c2c(C)nn(-c3ccccn3)c2C)C1. The van der Waals surface area contributed by atoms with Gasteiger partial charge < -0.3 is 15.4 Å². The fourth-order valence-electron chi connectivity index (χ4n) is 3.50. The second kappa shape index (κ2) is 8.69. The molecule has 0 aliphatic heterocycles. The van der Waals surface area contributed by atoms with Gasteiger partial charge in [-0.15, -0.1) is 0 Å². The molecule has 148 valence electrons. The monoisotopic (exact) mass is 383 g/mol. The molecule has 0 unspecified atom stereocenters. The van der Waals surface area contributed by atoms with Crippen LogP contribution in [0.2, 0.25) is 0 Å². The third kappa shape index (κ3) is 4.39. The molecule has 2 heterocycles. The minimum atomic E-state index is -0.453. The van der Waals surface area contributed by atoms with Gasteiger partial charge in [0.25, 0.3) is 0 Å². The number of rotatable bonds is 6. The number of urea groups is 1. The Hall–Kier alpha value is -3.16. The van der Waals surface area contributed by atoms with Crippen LogP contribution in [0.25, 0.3) is 5.82 Å². The van der Waals surface area contributed by atoms with Gasteiger partial charge in [-0.05, 0) is 39.3 Å². The number of pyridine rings is 1. The minimum absolute atomic E-state index is 0.107. The maximum absolute atomic E-state index is 12.0. The summed E-state index contributed by atoms with van der Waals surface area (Å²) in [5.41, 5.74) is 3.14. The number of carbonyl (C=O) groups is 2. The minimum Gasteiger partial charge on any atom is -0.465 e. The van der Waals surface area contributed by atoms with E-state index in [4.69, 9.17) is 4.74 Å². The molecule has 3 rings (SSSR count). The molecule has 2 aromatic heterocycles. The lowest BCUT2D eigenvalue weighted by Gasteiger charge is -2.15. The highest BCUT2D eigenvalue weighted by atomic mass is 16.5. The maximum atomic E-state index is 12.0. The number of aromatic nitrogens is 3. The van der Waals surface area contributed by atoms with E-state index in [1.165, 1.54) is 0 Å². The molecule has 0 aromatic carbocycles. The molecule has 8 nitrogen and oxygen atoms in total. The molecule has 0 fully saturated rings. The van der Waals surface area contributed by atoms with Crippen LogP contribution in [0.4, 0.5) is 4.79 Å². The Morgan fingerprint density at radius 1 is 1.29 bits per heavy atom. The Balaban J connectivity index is 1.62. The Morgan fingerprint density at radius 2 is 2.11 bits per heavy atom. The third-order valence-corrected chi connectivity index (χ3v) is 4.68. The molecule has 0 radical (unpaired) electrons. The Kier molecular flexibility index (Phi) is 6.08. The van der Waals surface area contributed by atoms with E-state index in [1.807, 2.05) is 42.8 Å². The molecule has 2 aromatic rings. The lowest BCUT2D eigenvalue weighted by Crippen LogP contribution is -2.43. The predicted octanol–water partition coefficient (Wildman–Crippen LogP) is 2.16. The van der Waals surface area contributed by atoms with Gasteiger partial charge in [-0.3, -0.25) is 4.79 Å². The number of allylic oxidation sites excluding steroid dienone is 1. The van der Waals surface area contributed by atoms with Crippen molar-refractivity contribution in [3.8, 4) is 5.82 Å². The number of amides is 2.